The second-order valence-corrected chi connectivity index (χ2v) is 2.55. The lowest BCUT2D eigenvalue weighted by Crippen LogP contribution is -1.99. The van der Waals surface area contributed by atoms with Gasteiger partial charge in [-0.15, -0.1) is 0 Å². The van der Waals surface area contributed by atoms with E-state index >= 15 is 0 Å². The summed E-state index contributed by atoms with van der Waals surface area (Å²) in [5.41, 5.74) is -0.694. The molecule has 0 aliphatic rings. The molecule has 1 N–H and O–H groups in total. The highest BCUT2D eigenvalue weighted by Crippen LogP contribution is 1.79. The molecule has 0 aliphatic heterocycles. The fraction of sp³-hybridized carbons (Fsp3) is 1.00. The van der Waals surface area contributed by atoms with Crippen molar-refractivity contribution in [3.8, 4) is 0 Å². The molecule has 1 atom stereocenters. The summed E-state index contributed by atoms with van der Waals surface area (Å²) in [6, 6.07) is 0. The van der Waals surface area contributed by atoms with E-state index in [0.29, 0.717) is 0 Å². The number of hydrogen-bond acceptors (Lipinski definition) is 2. The zero-order valence-electron chi connectivity index (χ0n) is 5.85. The van der Waals surface area contributed by atoms with Gasteiger partial charge in [-0.1, -0.05) is 11.6 Å². The predicted molar refractivity (Wildman–Crippen MR) is 37.1 cm³/mol. The second kappa shape index (κ2) is 7.21. The molecule has 0 aromatic carbocycles. The smallest absolute Gasteiger partial charge is 0.125 e. The van der Waals surface area contributed by atoms with Crippen LogP contribution in [0.25, 0.3) is 0 Å². The molecule has 0 saturated heterocycles. The highest BCUT2D eigenvalue weighted by Gasteiger charge is 1.72. The molecule has 0 spiro atoms. The molecule has 1 unspecified atom stereocenters. The Hall–Kier alpha value is 0.210. The van der Waals surface area contributed by atoms with Gasteiger partial charge in [-0.05, 0) is 28.1 Å². The summed E-state index contributed by atoms with van der Waals surface area (Å²) in [6.07, 6.45) is 0. The third-order valence-corrected chi connectivity index (χ3v) is 0. The van der Waals surface area contributed by atoms with Crippen molar-refractivity contribution in [3.05, 3.63) is 0 Å². The topological polar surface area (TPSA) is 23.5 Å². The van der Waals surface area contributed by atoms with Crippen LogP contribution in [0.15, 0.2) is 0 Å². The van der Waals surface area contributed by atoms with Gasteiger partial charge in [0.1, 0.15) is 5.56 Å². The summed E-state index contributed by atoms with van der Waals surface area (Å²) in [5, 5.41) is 7.82. The Morgan fingerprint density at radius 1 is 1.38 bits per heavy atom. The van der Waals surface area contributed by atoms with Gasteiger partial charge in [-0.2, -0.15) is 0 Å². The van der Waals surface area contributed by atoms with Gasteiger partial charge in [0.25, 0.3) is 0 Å². The fourth-order valence-corrected chi connectivity index (χ4v) is 0. The van der Waals surface area contributed by atoms with Crippen LogP contribution in [0.4, 0.5) is 0 Å². The minimum absolute atomic E-state index is 0.694. The first-order valence-electron chi connectivity index (χ1n) is 2.40. The molecule has 0 saturated carbocycles. The van der Waals surface area contributed by atoms with E-state index in [9.17, 15) is 0 Å². The molecule has 3 heteroatoms. The van der Waals surface area contributed by atoms with Crippen LogP contribution in [0.3, 0.4) is 0 Å². The van der Waals surface area contributed by atoms with Crippen LogP contribution >= 0.6 is 11.6 Å². The van der Waals surface area contributed by atoms with Crippen molar-refractivity contribution in [3.63, 3.8) is 0 Å². The van der Waals surface area contributed by atoms with Crippen molar-refractivity contribution in [1.29, 1.82) is 0 Å². The summed E-state index contributed by atoms with van der Waals surface area (Å²) in [4.78, 5) is 2.00. The molecule has 0 fully saturated rings. The number of aliphatic hydroxyl groups excluding tert-OH is 1. The molecule has 52 valence electrons. The van der Waals surface area contributed by atoms with Crippen molar-refractivity contribution in [2.75, 3.05) is 21.1 Å². The number of hydrogen-bond donors (Lipinski definition) is 1. The van der Waals surface area contributed by atoms with E-state index in [4.69, 9.17) is 16.7 Å². The number of nitrogens with zero attached hydrogens (tertiary/aromatic N) is 1. The molecule has 0 aromatic rings. The van der Waals surface area contributed by atoms with Crippen molar-refractivity contribution in [2.45, 2.75) is 12.5 Å². The Bertz CT molecular complexity index is 27.9. The van der Waals surface area contributed by atoms with Crippen molar-refractivity contribution in [1.82, 2.24) is 4.90 Å². The Morgan fingerprint density at radius 3 is 1.38 bits per heavy atom. The van der Waals surface area contributed by atoms with Crippen molar-refractivity contribution < 1.29 is 5.11 Å². The lowest BCUT2D eigenvalue weighted by Gasteiger charge is -1.90. The molecule has 0 aromatic heterocycles. The minimum Gasteiger partial charge on any atom is -0.378 e. The average Bonchev–Trinajstić information content (AvgIpc) is 1.25. The first-order valence-corrected chi connectivity index (χ1v) is 2.83. The number of rotatable bonds is 0. The summed E-state index contributed by atoms with van der Waals surface area (Å²) < 4.78 is 0. The van der Waals surface area contributed by atoms with Gasteiger partial charge in [0.15, 0.2) is 0 Å². The highest BCUT2D eigenvalue weighted by molar-refractivity contribution is 6.19. The maximum atomic E-state index is 7.82. The fourth-order valence-electron chi connectivity index (χ4n) is 0. The van der Waals surface area contributed by atoms with Gasteiger partial charge >= 0.3 is 0 Å². The van der Waals surface area contributed by atoms with Crippen LogP contribution in [0.5, 0.6) is 0 Å². The van der Waals surface area contributed by atoms with Gasteiger partial charge < -0.3 is 10.0 Å². The lowest BCUT2D eigenvalue weighted by molar-refractivity contribution is 0.277. The van der Waals surface area contributed by atoms with Crippen molar-refractivity contribution in [2.24, 2.45) is 0 Å². The molecule has 8 heavy (non-hydrogen) atoms. The van der Waals surface area contributed by atoms with E-state index < -0.39 is 5.56 Å². The monoisotopic (exact) mass is 139 g/mol. The van der Waals surface area contributed by atoms with Crippen LogP contribution in [-0.2, 0) is 0 Å². The second-order valence-electron chi connectivity index (χ2n) is 1.92. The zero-order chi connectivity index (χ0) is 7.15. The summed E-state index contributed by atoms with van der Waals surface area (Å²) >= 11 is 4.83. The molecule has 0 aliphatic carbocycles. The zero-order valence-corrected chi connectivity index (χ0v) is 6.61. The number of aliphatic hydroxyl groups is 1. The average molecular weight is 140 g/mol. The summed E-state index contributed by atoms with van der Waals surface area (Å²) in [6.45, 7) is 1.49. The molecule has 0 rings (SSSR count). The first kappa shape index (κ1) is 11.1. The Kier molecular flexibility index (Phi) is 9.97. The molecule has 0 radical (unpaired) electrons. The Balaban J connectivity index is 0. The van der Waals surface area contributed by atoms with Gasteiger partial charge in [0.05, 0.1) is 0 Å². The van der Waals surface area contributed by atoms with Gasteiger partial charge in [-0.25, -0.2) is 0 Å². The number of alkyl halides is 1. The summed E-state index contributed by atoms with van der Waals surface area (Å²) in [7, 11) is 6.00. The normalized spacial score (nSPS) is 12.4. The maximum absolute atomic E-state index is 7.82. The van der Waals surface area contributed by atoms with Crippen molar-refractivity contribution >= 4 is 11.6 Å². The third kappa shape index (κ3) is 3820. The predicted octanol–water partition coefficient (Wildman–Crippen LogP) is 0.741. The highest BCUT2D eigenvalue weighted by atomic mass is 35.5. The largest absolute Gasteiger partial charge is 0.378 e. The van der Waals surface area contributed by atoms with Crippen LogP contribution in [0.1, 0.15) is 6.92 Å². The van der Waals surface area contributed by atoms with Crippen LogP contribution in [0, 0.1) is 0 Å². The molecule has 2 nitrogen and oxygen atoms in total. The van der Waals surface area contributed by atoms with Crippen LogP contribution in [-0.4, -0.2) is 36.7 Å². The SMILES string of the molecule is CC(O)Cl.CN(C)C. The summed E-state index contributed by atoms with van der Waals surface area (Å²) in [5.74, 6) is 0. The maximum Gasteiger partial charge on any atom is 0.125 e. The van der Waals surface area contributed by atoms with E-state index in [1.807, 2.05) is 26.0 Å². The number of halogens is 1. The van der Waals surface area contributed by atoms with E-state index in [2.05, 4.69) is 0 Å². The molecule has 0 heterocycles. The molecule has 0 amide bonds. The first-order chi connectivity index (χ1) is 3.46. The van der Waals surface area contributed by atoms with Gasteiger partial charge in [0, 0.05) is 0 Å². The van der Waals surface area contributed by atoms with E-state index in [0.717, 1.165) is 0 Å². The Morgan fingerprint density at radius 2 is 1.38 bits per heavy atom. The van der Waals surface area contributed by atoms with Gasteiger partial charge in [0.2, 0.25) is 0 Å². The molecular weight excluding hydrogens is 126 g/mol. The molecule has 0 bridgehead atoms. The standard InChI is InChI=1S/C3H9N.C2H5ClO/c1-4(2)3;1-2(3)4/h1-3H3;2,4H,1H3. The minimum atomic E-state index is -0.694. The Labute approximate surface area is 56.1 Å². The van der Waals surface area contributed by atoms with Crippen LogP contribution < -0.4 is 0 Å². The van der Waals surface area contributed by atoms with E-state index in [-0.39, 0.29) is 0 Å². The third-order valence-electron chi connectivity index (χ3n) is 0. The van der Waals surface area contributed by atoms with E-state index in [1.165, 1.54) is 6.92 Å². The lowest BCUT2D eigenvalue weighted by atomic mass is 10.9. The molecular formula is C5H14ClNO. The quantitative estimate of drug-likeness (QED) is 0.501. The van der Waals surface area contributed by atoms with Crippen LogP contribution in [0.2, 0.25) is 0 Å². The van der Waals surface area contributed by atoms with E-state index in [1.54, 1.807) is 0 Å². The van der Waals surface area contributed by atoms with Gasteiger partial charge in [-0.3, -0.25) is 0 Å².